The van der Waals surface area contributed by atoms with Crippen LogP contribution in [0.3, 0.4) is 0 Å². The molecule has 102 valence electrons. The van der Waals surface area contributed by atoms with Crippen LogP contribution in [0.5, 0.6) is 0 Å². The molecule has 0 saturated carbocycles. The van der Waals surface area contributed by atoms with Crippen LogP contribution >= 0.6 is 0 Å². The maximum atomic E-state index is 12.7. The van der Waals surface area contributed by atoms with Crippen molar-refractivity contribution in [3.8, 4) is 0 Å². The van der Waals surface area contributed by atoms with Gasteiger partial charge in [0.05, 0.1) is 12.8 Å². The molecule has 0 radical (unpaired) electrons. The number of benzene rings is 1. The maximum Gasteiger partial charge on any atom is 0.259 e. The van der Waals surface area contributed by atoms with Gasteiger partial charge in [-0.1, -0.05) is 6.07 Å². The van der Waals surface area contributed by atoms with Gasteiger partial charge in [0.25, 0.3) is 5.91 Å². The Labute approximate surface area is 115 Å². The van der Waals surface area contributed by atoms with E-state index in [-0.39, 0.29) is 18.3 Å². The summed E-state index contributed by atoms with van der Waals surface area (Å²) in [5, 5.41) is 6.66. The van der Waals surface area contributed by atoms with Crippen molar-refractivity contribution in [3.63, 3.8) is 0 Å². The zero-order valence-electron chi connectivity index (χ0n) is 10.6. The second-order valence-electron chi connectivity index (χ2n) is 3.94. The number of rotatable bonds is 5. The lowest BCUT2D eigenvalue weighted by molar-refractivity contribution is -0.119. The van der Waals surface area contributed by atoms with Gasteiger partial charge in [0.2, 0.25) is 0 Å². The molecule has 20 heavy (non-hydrogen) atoms. The minimum Gasteiger partial charge on any atom is -0.376 e. The van der Waals surface area contributed by atoms with Crippen molar-refractivity contribution in [2.24, 2.45) is 5.10 Å². The van der Waals surface area contributed by atoms with E-state index in [9.17, 15) is 9.18 Å². The van der Waals surface area contributed by atoms with E-state index < -0.39 is 0 Å². The molecule has 1 aromatic carbocycles. The maximum absolute atomic E-state index is 12.7. The van der Waals surface area contributed by atoms with E-state index in [4.69, 9.17) is 0 Å². The average molecular weight is 272 g/mol. The SMILES string of the molecule is O=C(CNc1ccc(F)cc1)N/N=C\c1cccnc1. The zero-order chi connectivity index (χ0) is 14.2. The average Bonchev–Trinajstić information content (AvgIpc) is 2.48. The van der Waals surface area contributed by atoms with Gasteiger partial charge in [0, 0.05) is 23.6 Å². The summed E-state index contributed by atoms with van der Waals surface area (Å²) in [6.45, 7) is 0.0516. The number of nitrogens with zero attached hydrogens (tertiary/aromatic N) is 2. The highest BCUT2D eigenvalue weighted by atomic mass is 19.1. The van der Waals surface area contributed by atoms with Gasteiger partial charge < -0.3 is 5.32 Å². The molecule has 0 fully saturated rings. The number of pyridine rings is 1. The number of anilines is 1. The Balaban J connectivity index is 1.76. The topological polar surface area (TPSA) is 66.4 Å². The van der Waals surface area contributed by atoms with Gasteiger partial charge in [-0.25, -0.2) is 9.82 Å². The molecule has 1 aromatic heterocycles. The first-order chi connectivity index (χ1) is 9.74. The van der Waals surface area contributed by atoms with Crippen LogP contribution in [0.25, 0.3) is 0 Å². The smallest absolute Gasteiger partial charge is 0.259 e. The molecule has 0 aliphatic rings. The molecular formula is C14H13FN4O. The molecule has 2 rings (SSSR count). The minimum atomic E-state index is -0.318. The van der Waals surface area contributed by atoms with E-state index >= 15 is 0 Å². The molecule has 0 atom stereocenters. The summed E-state index contributed by atoms with van der Waals surface area (Å²) < 4.78 is 12.7. The molecule has 0 bridgehead atoms. The highest BCUT2D eigenvalue weighted by molar-refractivity contribution is 5.84. The standard InChI is InChI=1S/C14H13FN4O/c15-12-3-5-13(6-4-12)17-10-14(20)19-18-9-11-2-1-7-16-8-11/h1-9,17H,10H2,(H,19,20)/b18-9-. The molecule has 0 spiro atoms. The third-order valence-electron chi connectivity index (χ3n) is 2.38. The van der Waals surface area contributed by atoms with Crippen molar-refractivity contribution in [3.05, 3.63) is 60.2 Å². The highest BCUT2D eigenvalue weighted by Crippen LogP contribution is 2.07. The van der Waals surface area contributed by atoms with E-state index in [1.165, 1.54) is 18.3 Å². The lowest BCUT2D eigenvalue weighted by atomic mass is 10.3. The summed E-state index contributed by atoms with van der Waals surface area (Å²) in [4.78, 5) is 15.4. The van der Waals surface area contributed by atoms with E-state index in [2.05, 4.69) is 20.8 Å². The van der Waals surface area contributed by atoms with Gasteiger partial charge in [-0.15, -0.1) is 0 Å². The first-order valence-electron chi connectivity index (χ1n) is 5.95. The van der Waals surface area contributed by atoms with Crippen molar-refractivity contribution in [1.29, 1.82) is 0 Å². The Morgan fingerprint density at radius 2 is 2.10 bits per heavy atom. The lowest BCUT2D eigenvalue weighted by Crippen LogP contribution is -2.25. The lowest BCUT2D eigenvalue weighted by Gasteiger charge is -2.04. The van der Waals surface area contributed by atoms with E-state index in [0.717, 1.165) is 5.56 Å². The molecule has 6 heteroatoms. The Morgan fingerprint density at radius 3 is 2.80 bits per heavy atom. The largest absolute Gasteiger partial charge is 0.376 e. The van der Waals surface area contributed by atoms with E-state index in [0.29, 0.717) is 5.69 Å². The number of hydrogen-bond acceptors (Lipinski definition) is 4. The monoisotopic (exact) mass is 272 g/mol. The number of carbonyl (C=O) groups excluding carboxylic acids is 1. The highest BCUT2D eigenvalue weighted by Gasteiger charge is 1.99. The molecule has 2 N–H and O–H groups in total. The number of halogens is 1. The normalized spacial score (nSPS) is 10.4. The zero-order valence-corrected chi connectivity index (χ0v) is 10.6. The second-order valence-corrected chi connectivity index (χ2v) is 3.94. The summed E-state index contributed by atoms with van der Waals surface area (Å²) in [5.74, 6) is -0.615. The van der Waals surface area contributed by atoms with Gasteiger partial charge in [0.1, 0.15) is 5.82 Å². The quantitative estimate of drug-likeness (QED) is 0.644. The molecule has 0 unspecified atom stereocenters. The Hall–Kier alpha value is -2.76. The van der Waals surface area contributed by atoms with Crippen LogP contribution in [-0.4, -0.2) is 23.7 Å². The Bertz CT molecular complexity index is 584. The summed E-state index contributed by atoms with van der Waals surface area (Å²) in [7, 11) is 0. The van der Waals surface area contributed by atoms with Crippen LogP contribution in [0.1, 0.15) is 5.56 Å². The summed E-state index contributed by atoms with van der Waals surface area (Å²) in [5.41, 5.74) is 3.83. The van der Waals surface area contributed by atoms with Crippen molar-refractivity contribution >= 4 is 17.8 Å². The van der Waals surface area contributed by atoms with Gasteiger partial charge in [-0.2, -0.15) is 5.10 Å². The second kappa shape index (κ2) is 6.98. The van der Waals surface area contributed by atoms with Crippen molar-refractivity contribution < 1.29 is 9.18 Å². The van der Waals surface area contributed by atoms with Crippen LogP contribution in [-0.2, 0) is 4.79 Å². The van der Waals surface area contributed by atoms with E-state index in [1.807, 2.05) is 6.07 Å². The Morgan fingerprint density at radius 1 is 1.30 bits per heavy atom. The molecule has 1 amide bonds. The summed E-state index contributed by atoms with van der Waals surface area (Å²) in [6.07, 6.45) is 4.79. The molecule has 1 heterocycles. The minimum absolute atomic E-state index is 0.0516. The third-order valence-corrected chi connectivity index (χ3v) is 2.38. The number of amides is 1. The third kappa shape index (κ3) is 4.49. The predicted molar refractivity (Wildman–Crippen MR) is 74.9 cm³/mol. The van der Waals surface area contributed by atoms with Gasteiger partial charge >= 0.3 is 0 Å². The van der Waals surface area contributed by atoms with E-state index in [1.54, 1.807) is 30.6 Å². The number of hydrogen-bond donors (Lipinski definition) is 2. The number of carbonyl (C=O) groups is 1. The molecular weight excluding hydrogens is 259 g/mol. The molecule has 0 saturated heterocycles. The van der Waals surface area contributed by atoms with Crippen molar-refractivity contribution in [2.75, 3.05) is 11.9 Å². The van der Waals surface area contributed by atoms with Crippen molar-refractivity contribution in [1.82, 2.24) is 10.4 Å². The van der Waals surface area contributed by atoms with Crippen LogP contribution in [0.15, 0.2) is 53.9 Å². The fourth-order valence-electron chi connectivity index (χ4n) is 1.42. The molecule has 0 aliphatic carbocycles. The van der Waals surface area contributed by atoms with Gasteiger partial charge in [-0.3, -0.25) is 9.78 Å². The first-order valence-corrected chi connectivity index (χ1v) is 5.95. The molecule has 0 aliphatic heterocycles. The summed E-state index contributed by atoms with van der Waals surface area (Å²) >= 11 is 0. The van der Waals surface area contributed by atoms with Crippen molar-refractivity contribution in [2.45, 2.75) is 0 Å². The number of aromatic nitrogens is 1. The predicted octanol–water partition coefficient (Wildman–Crippen LogP) is 1.78. The number of nitrogens with one attached hydrogen (secondary N) is 2. The van der Waals surface area contributed by atoms with Crippen LogP contribution < -0.4 is 10.7 Å². The fourth-order valence-corrected chi connectivity index (χ4v) is 1.42. The summed E-state index contributed by atoms with van der Waals surface area (Å²) in [6, 6.07) is 9.35. The molecule has 2 aromatic rings. The Kier molecular flexibility index (Phi) is 4.77. The van der Waals surface area contributed by atoms with Gasteiger partial charge in [-0.05, 0) is 30.3 Å². The van der Waals surface area contributed by atoms with Crippen LogP contribution in [0.2, 0.25) is 0 Å². The van der Waals surface area contributed by atoms with Crippen LogP contribution in [0, 0.1) is 5.82 Å². The first kappa shape index (κ1) is 13.7. The van der Waals surface area contributed by atoms with Crippen LogP contribution in [0.4, 0.5) is 10.1 Å². The number of hydrazone groups is 1. The molecule has 5 nitrogen and oxygen atoms in total. The fraction of sp³-hybridized carbons (Fsp3) is 0.0714. The van der Waals surface area contributed by atoms with Gasteiger partial charge in [0.15, 0.2) is 0 Å².